The van der Waals surface area contributed by atoms with E-state index in [9.17, 15) is 8.78 Å². The van der Waals surface area contributed by atoms with Gasteiger partial charge in [0.2, 0.25) is 0 Å². The Hall–Kier alpha value is -1.74. The van der Waals surface area contributed by atoms with E-state index in [0.29, 0.717) is 12.3 Å². The van der Waals surface area contributed by atoms with Gasteiger partial charge in [-0.25, -0.2) is 8.78 Å². The predicted octanol–water partition coefficient (Wildman–Crippen LogP) is 4.06. The molecule has 2 unspecified atom stereocenters. The van der Waals surface area contributed by atoms with Gasteiger partial charge in [0.15, 0.2) is 0 Å². The highest BCUT2D eigenvalue weighted by atomic mass is 19.1. The molecule has 1 aliphatic carbocycles. The molecule has 0 aliphatic heterocycles. The van der Waals surface area contributed by atoms with Crippen LogP contribution >= 0.6 is 0 Å². The van der Waals surface area contributed by atoms with E-state index in [2.05, 4.69) is 6.92 Å². The van der Waals surface area contributed by atoms with Gasteiger partial charge in [-0.05, 0) is 48.1 Å². The Morgan fingerprint density at radius 3 is 2.65 bits per heavy atom. The standard InChI is InChI=1S/C17H17F2N/c1-11-8-9-17(20,14-5-3-2-4-13(11)14)15-10-12(18)6-7-16(15)19/h2-7,10-11H,8-9,20H2,1H3. The first-order valence-corrected chi connectivity index (χ1v) is 6.86. The van der Waals surface area contributed by atoms with Crippen LogP contribution in [-0.2, 0) is 5.54 Å². The summed E-state index contributed by atoms with van der Waals surface area (Å²) in [4.78, 5) is 0. The molecule has 3 rings (SSSR count). The number of rotatable bonds is 1. The minimum Gasteiger partial charge on any atom is -0.318 e. The fourth-order valence-corrected chi connectivity index (χ4v) is 3.19. The SMILES string of the molecule is CC1CCC(N)(c2cc(F)ccc2F)c2ccccc21. The van der Waals surface area contributed by atoms with Crippen molar-refractivity contribution in [3.63, 3.8) is 0 Å². The zero-order chi connectivity index (χ0) is 14.3. The topological polar surface area (TPSA) is 26.0 Å². The smallest absolute Gasteiger partial charge is 0.128 e. The average Bonchev–Trinajstić information content (AvgIpc) is 2.46. The molecule has 0 heterocycles. The first-order valence-electron chi connectivity index (χ1n) is 6.86. The Kier molecular flexibility index (Phi) is 3.09. The lowest BCUT2D eigenvalue weighted by Crippen LogP contribution is -2.42. The molecule has 2 atom stereocenters. The van der Waals surface area contributed by atoms with E-state index in [1.165, 1.54) is 6.07 Å². The van der Waals surface area contributed by atoms with E-state index in [-0.39, 0.29) is 5.56 Å². The third-order valence-corrected chi connectivity index (χ3v) is 4.35. The highest BCUT2D eigenvalue weighted by Crippen LogP contribution is 2.44. The Balaban J connectivity index is 2.22. The summed E-state index contributed by atoms with van der Waals surface area (Å²) in [5.74, 6) is -0.514. The summed E-state index contributed by atoms with van der Waals surface area (Å²) in [6.07, 6.45) is 1.48. The maximum Gasteiger partial charge on any atom is 0.128 e. The number of hydrogen-bond donors (Lipinski definition) is 1. The monoisotopic (exact) mass is 273 g/mol. The maximum atomic E-state index is 14.1. The fourth-order valence-electron chi connectivity index (χ4n) is 3.19. The molecule has 0 aromatic heterocycles. The molecule has 2 aromatic carbocycles. The predicted molar refractivity (Wildman–Crippen MR) is 75.4 cm³/mol. The van der Waals surface area contributed by atoms with Crippen molar-refractivity contribution < 1.29 is 8.78 Å². The third kappa shape index (κ3) is 1.93. The lowest BCUT2D eigenvalue weighted by molar-refractivity contribution is 0.394. The zero-order valence-electron chi connectivity index (χ0n) is 11.4. The molecule has 1 aliphatic rings. The van der Waals surface area contributed by atoms with Gasteiger partial charge in [0.25, 0.3) is 0 Å². The summed E-state index contributed by atoms with van der Waals surface area (Å²) in [5.41, 5.74) is 7.85. The molecule has 1 nitrogen and oxygen atoms in total. The van der Waals surface area contributed by atoms with Crippen molar-refractivity contribution in [2.75, 3.05) is 0 Å². The van der Waals surface area contributed by atoms with E-state index in [4.69, 9.17) is 5.73 Å². The fraction of sp³-hybridized carbons (Fsp3) is 0.294. The van der Waals surface area contributed by atoms with Gasteiger partial charge in [0.05, 0.1) is 5.54 Å². The van der Waals surface area contributed by atoms with Crippen molar-refractivity contribution >= 4 is 0 Å². The molecule has 0 saturated carbocycles. The first-order chi connectivity index (χ1) is 9.52. The van der Waals surface area contributed by atoms with Gasteiger partial charge in [0, 0.05) is 5.56 Å². The molecular formula is C17H17F2N. The van der Waals surface area contributed by atoms with Crippen LogP contribution in [0.4, 0.5) is 8.78 Å². The number of hydrogen-bond acceptors (Lipinski definition) is 1. The maximum absolute atomic E-state index is 14.1. The second kappa shape index (κ2) is 4.67. The molecule has 104 valence electrons. The summed E-state index contributed by atoms with van der Waals surface area (Å²) in [6, 6.07) is 11.3. The molecule has 20 heavy (non-hydrogen) atoms. The molecule has 0 amide bonds. The second-order valence-electron chi connectivity index (χ2n) is 5.62. The van der Waals surface area contributed by atoms with Crippen molar-refractivity contribution in [1.82, 2.24) is 0 Å². The minimum atomic E-state index is -0.949. The highest BCUT2D eigenvalue weighted by Gasteiger charge is 2.38. The Morgan fingerprint density at radius 2 is 1.85 bits per heavy atom. The molecule has 0 radical (unpaired) electrons. The molecular weight excluding hydrogens is 256 g/mol. The van der Waals surface area contributed by atoms with Gasteiger partial charge in [-0.15, -0.1) is 0 Å². The summed E-state index contributed by atoms with van der Waals surface area (Å²) in [7, 11) is 0. The van der Waals surface area contributed by atoms with Crippen molar-refractivity contribution in [3.8, 4) is 0 Å². The summed E-state index contributed by atoms with van der Waals surface area (Å²) < 4.78 is 27.6. The van der Waals surface area contributed by atoms with Gasteiger partial charge in [-0.1, -0.05) is 31.2 Å². The van der Waals surface area contributed by atoms with Crippen molar-refractivity contribution in [1.29, 1.82) is 0 Å². The van der Waals surface area contributed by atoms with Crippen LogP contribution in [-0.4, -0.2) is 0 Å². The molecule has 2 aromatic rings. The molecule has 0 bridgehead atoms. The number of nitrogens with two attached hydrogens (primary N) is 1. The number of benzene rings is 2. The highest BCUT2D eigenvalue weighted by molar-refractivity contribution is 5.46. The van der Waals surface area contributed by atoms with Crippen LogP contribution in [0.2, 0.25) is 0 Å². The van der Waals surface area contributed by atoms with E-state index in [1.807, 2.05) is 24.3 Å². The zero-order valence-corrected chi connectivity index (χ0v) is 11.4. The molecule has 2 N–H and O–H groups in total. The quantitative estimate of drug-likeness (QED) is 0.833. The van der Waals surface area contributed by atoms with E-state index >= 15 is 0 Å². The molecule has 0 fully saturated rings. The van der Waals surface area contributed by atoms with Crippen LogP contribution in [0.25, 0.3) is 0 Å². The van der Waals surface area contributed by atoms with Crippen molar-refractivity contribution in [2.45, 2.75) is 31.2 Å². The lowest BCUT2D eigenvalue weighted by Gasteiger charge is -2.39. The van der Waals surface area contributed by atoms with Crippen LogP contribution in [0.1, 0.15) is 42.4 Å². The summed E-state index contributed by atoms with van der Waals surface area (Å²) >= 11 is 0. The van der Waals surface area contributed by atoms with Crippen LogP contribution < -0.4 is 5.73 Å². The largest absolute Gasteiger partial charge is 0.318 e. The van der Waals surface area contributed by atoms with Gasteiger partial charge in [0.1, 0.15) is 11.6 Å². The van der Waals surface area contributed by atoms with Crippen molar-refractivity contribution in [3.05, 3.63) is 70.8 Å². The molecule has 0 saturated heterocycles. The minimum absolute atomic E-state index is 0.247. The van der Waals surface area contributed by atoms with Gasteiger partial charge in [-0.2, -0.15) is 0 Å². The lowest BCUT2D eigenvalue weighted by atomic mass is 9.69. The van der Waals surface area contributed by atoms with Crippen LogP contribution in [0.5, 0.6) is 0 Å². The summed E-state index contributed by atoms with van der Waals surface area (Å²) in [5, 5.41) is 0. The van der Waals surface area contributed by atoms with Crippen LogP contribution in [0.3, 0.4) is 0 Å². The number of fused-ring (bicyclic) bond motifs is 1. The average molecular weight is 273 g/mol. The Bertz CT molecular complexity index is 653. The number of halogens is 2. The Morgan fingerprint density at radius 1 is 1.10 bits per heavy atom. The van der Waals surface area contributed by atoms with E-state index < -0.39 is 17.2 Å². The van der Waals surface area contributed by atoms with E-state index in [0.717, 1.165) is 29.7 Å². The van der Waals surface area contributed by atoms with Crippen molar-refractivity contribution in [2.24, 2.45) is 5.73 Å². The van der Waals surface area contributed by atoms with Crippen LogP contribution in [0, 0.1) is 11.6 Å². The van der Waals surface area contributed by atoms with E-state index in [1.54, 1.807) is 0 Å². The van der Waals surface area contributed by atoms with Gasteiger partial charge in [-0.3, -0.25) is 0 Å². The van der Waals surface area contributed by atoms with Gasteiger partial charge >= 0.3 is 0 Å². The molecule has 0 spiro atoms. The van der Waals surface area contributed by atoms with Gasteiger partial charge < -0.3 is 5.73 Å². The second-order valence-corrected chi connectivity index (χ2v) is 5.62. The normalized spacial score (nSPS) is 25.3. The first kappa shape index (κ1) is 13.3. The Labute approximate surface area is 117 Å². The summed E-state index contributed by atoms with van der Waals surface area (Å²) in [6.45, 7) is 2.14. The third-order valence-electron chi connectivity index (χ3n) is 4.35. The van der Waals surface area contributed by atoms with Crippen LogP contribution in [0.15, 0.2) is 42.5 Å². The molecule has 3 heteroatoms.